The van der Waals surface area contributed by atoms with Gasteiger partial charge in [-0.05, 0) is 56.2 Å². The minimum absolute atomic E-state index is 0.101. The Morgan fingerprint density at radius 3 is 2.65 bits per heavy atom. The number of hydrogen-bond acceptors (Lipinski definition) is 2. The van der Waals surface area contributed by atoms with Crippen molar-refractivity contribution in [3.63, 3.8) is 0 Å². The van der Waals surface area contributed by atoms with Crippen LogP contribution in [0.5, 0.6) is 0 Å². The second kappa shape index (κ2) is 4.79. The number of aryl methyl sites for hydroxylation is 1. The van der Waals surface area contributed by atoms with E-state index in [1.807, 2.05) is 0 Å². The largest absolute Gasteiger partial charge is 0.394 e. The molecular formula is C15H23NO. The summed E-state index contributed by atoms with van der Waals surface area (Å²) in [6, 6.07) is 6.41. The number of hydrogen-bond donors (Lipinski definition) is 2. The Morgan fingerprint density at radius 1 is 1.35 bits per heavy atom. The first-order chi connectivity index (χ1) is 8.07. The molecule has 0 aromatic heterocycles. The van der Waals surface area contributed by atoms with Crippen molar-refractivity contribution in [2.24, 2.45) is 5.92 Å². The summed E-state index contributed by atoms with van der Waals surface area (Å²) in [5, 5.41) is 13.1. The minimum atomic E-state index is -0.101. The lowest BCUT2D eigenvalue weighted by Gasteiger charge is -2.29. The Hall–Kier alpha value is -0.860. The monoisotopic (exact) mass is 233 g/mol. The van der Waals surface area contributed by atoms with Crippen molar-refractivity contribution in [1.29, 1.82) is 0 Å². The van der Waals surface area contributed by atoms with E-state index in [-0.39, 0.29) is 12.1 Å². The Bertz CT molecular complexity index is 398. The number of aliphatic hydroxyl groups is 1. The molecule has 0 radical (unpaired) electrons. The lowest BCUT2D eigenvalue weighted by atomic mass is 9.95. The molecule has 0 saturated heterocycles. The maximum atomic E-state index is 9.54. The molecule has 1 aromatic carbocycles. The molecule has 1 fully saturated rings. The van der Waals surface area contributed by atoms with Gasteiger partial charge in [0.15, 0.2) is 0 Å². The predicted octanol–water partition coefficient (Wildman–Crippen LogP) is 2.55. The van der Waals surface area contributed by atoms with Crippen LogP contribution in [0.3, 0.4) is 0 Å². The fourth-order valence-corrected chi connectivity index (χ4v) is 2.35. The number of aliphatic hydroxyl groups excluding tert-OH is 1. The molecule has 0 aliphatic heterocycles. The zero-order valence-electron chi connectivity index (χ0n) is 11.1. The summed E-state index contributed by atoms with van der Waals surface area (Å²) in [6.07, 6.45) is 2.49. The van der Waals surface area contributed by atoms with E-state index < -0.39 is 0 Å². The molecule has 1 aromatic rings. The van der Waals surface area contributed by atoms with Gasteiger partial charge in [0, 0.05) is 12.1 Å². The van der Waals surface area contributed by atoms with Gasteiger partial charge in [-0.1, -0.05) is 18.2 Å². The van der Waals surface area contributed by atoms with Crippen molar-refractivity contribution in [3.05, 3.63) is 34.9 Å². The van der Waals surface area contributed by atoms with E-state index in [1.165, 1.54) is 29.5 Å². The highest BCUT2D eigenvalue weighted by atomic mass is 16.3. The van der Waals surface area contributed by atoms with Crippen LogP contribution < -0.4 is 5.32 Å². The zero-order valence-corrected chi connectivity index (χ0v) is 11.1. The van der Waals surface area contributed by atoms with Crippen molar-refractivity contribution < 1.29 is 5.11 Å². The molecule has 2 nitrogen and oxygen atoms in total. The van der Waals surface area contributed by atoms with Gasteiger partial charge in [-0.2, -0.15) is 0 Å². The lowest BCUT2D eigenvalue weighted by molar-refractivity contribution is 0.153. The van der Waals surface area contributed by atoms with Crippen LogP contribution in [-0.2, 0) is 6.54 Å². The van der Waals surface area contributed by atoms with Gasteiger partial charge in [0.2, 0.25) is 0 Å². The second-order valence-electron chi connectivity index (χ2n) is 5.56. The molecule has 1 atom stereocenters. The van der Waals surface area contributed by atoms with Crippen LogP contribution in [0, 0.1) is 19.8 Å². The highest BCUT2D eigenvalue weighted by Gasteiger charge is 2.40. The average Bonchev–Trinajstić information content (AvgIpc) is 3.15. The molecule has 1 aliphatic rings. The Labute approximate surface area is 104 Å². The summed E-state index contributed by atoms with van der Waals surface area (Å²) in [5.41, 5.74) is 3.93. The summed E-state index contributed by atoms with van der Waals surface area (Å²) in [6.45, 7) is 7.52. The number of nitrogens with one attached hydrogen (secondary N) is 1. The van der Waals surface area contributed by atoms with Crippen molar-refractivity contribution in [2.75, 3.05) is 6.61 Å². The molecule has 0 amide bonds. The SMILES string of the molecule is Cc1cccc(CNC(C)(CO)C2CC2)c1C. The third-order valence-electron chi connectivity index (χ3n) is 4.21. The number of rotatable bonds is 5. The summed E-state index contributed by atoms with van der Waals surface area (Å²) in [4.78, 5) is 0. The molecule has 2 N–H and O–H groups in total. The smallest absolute Gasteiger partial charge is 0.0613 e. The van der Waals surface area contributed by atoms with Gasteiger partial charge in [-0.25, -0.2) is 0 Å². The van der Waals surface area contributed by atoms with E-state index in [0.717, 1.165) is 6.54 Å². The molecule has 17 heavy (non-hydrogen) atoms. The summed E-state index contributed by atoms with van der Waals surface area (Å²) in [5.74, 6) is 0.651. The van der Waals surface area contributed by atoms with Gasteiger partial charge in [0.1, 0.15) is 0 Å². The standard InChI is InChI=1S/C15H23NO/c1-11-5-4-6-13(12(11)2)9-16-15(3,10-17)14-7-8-14/h4-6,14,16-17H,7-10H2,1-3H3. The van der Waals surface area contributed by atoms with E-state index in [2.05, 4.69) is 44.3 Å². The van der Waals surface area contributed by atoms with Crippen LogP contribution in [0.4, 0.5) is 0 Å². The zero-order chi connectivity index (χ0) is 12.5. The first-order valence-electron chi connectivity index (χ1n) is 6.48. The molecule has 0 heterocycles. The van der Waals surface area contributed by atoms with Crippen molar-refractivity contribution >= 4 is 0 Å². The van der Waals surface area contributed by atoms with Gasteiger partial charge >= 0.3 is 0 Å². The maximum Gasteiger partial charge on any atom is 0.0613 e. The van der Waals surface area contributed by atoms with Crippen molar-refractivity contribution in [3.8, 4) is 0 Å². The van der Waals surface area contributed by atoms with Gasteiger partial charge in [0.25, 0.3) is 0 Å². The van der Waals surface area contributed by atoms with Crippen LogP contribution >= 0.6 is 0 Å². The lowest BCUT2D eigenvalue weighted by Crippen LogP contribution is -2.47. The fourth-order valence-electron chi connectivity index (χ4n) is 2.35. The molecule has 1 saturated carbocycles. The van der Waals surface area contributed by atoms with E-state index in [0.29, 0.717) is 5.92 Å². The van der Waals surface area contributed by atoms with Crippen LogP contribution in [0.15, 0.2) is 18.2 Å². The topological polar surface area (TPSA) is 32.3 Å². The predicted molar refractivity (Wildman–Crippen MR) is 71.0 cm³/mol. The average molecular weight is 233 g/mol. The first-order valence-corrected chi connectivity index (χ1v) is 6.48. The molecule has 2 heteroatoms. The molecule has 94 valence electrons. The quantitative estimate of drug-likeness (QED) is 0.819. The number of benzene rings is 1. The van der Waals surface area contributed by atoms with E-state index >= 15 is 0 Å². The highest BCUT2D eigenvalue weighted by molar-refractivity contribution is 5.33. The highest BCUT2D eigenvalue weighted by Crippen LogP contribution is 2.39. The molecule has 1 aliphatic carbocycles. The summed E-state index contributed by atoms with van der Waals surface area (Å²) >= 11 is 0. The van der Waals surface area contributed by atoms with Crippen molar-refractivity contribution in [1.82, 2.24) is 5.32 Å². The van der Waals surface area contributed by atoms with Crippen LogP contribution in [0.2, 0.25) is 0 Å². The van der Waals surface area contributed by atoms with Gasteiger partial charge in [-0.15, -0.1) is 0 Å². The summed E-state index contributed by atoms with van der Waals surface area (Å²) < 4.78 is 0. The van der Waals surface area contributed by atoms with E-state index in [9.17, 15) is 5.11 Å². The van der Waals surface area contributed by atoms with Crippen LogP contribution in [-0.4, -0.2) is 17.3 Å². The Morgan fingerprint density at radius 2 is 2.06 bits per heavy atom. The normalized spacial score (nSPS) is 19.1. The van der Waals surface area contributed by atoms with Crippen LogP contribution in [0.25, 0.3) is 0 Å². The van der Waals surface area contributed by atoms with Crippen molar-refractivity contribution in [2.45, 2.75) is 45.7 Å². The van der Waals surface area contributed by atoms with Gasteiger partial charge in [0.05, 0.1) is 6.61 Å². The molecule has 0 bridgehead atoms. The molecule has 1 unspecified atom stereocenters. The van der Waals surface area contributed by atoms with Crippen LogP contribution in [0.1, 0.15) is 36.5 Å². The van der Waals surface area contributed by atoms with E-state index in [1.54, 1.807) is 0 Å². The third-order valence-corrected chi connectivity index (χ3v) is 4.21. The van der Waals surface area contributed by atoms with Gasteiger partial charge < -0.3 is 10.4 Å². The fraction of sp³-hybridized carbons (Fsp3) is 0.600. The molecular weight excluding hydrogens is 210 g/mol. The van der Waals surface area contributed by atoms with E-state index in [4.69, 9.17) is 0 Å². The Balaban J connectivity index is 2.04. The Kier molecular flexibility index (Phi) is 3.55. The second-order valence-corrected chi connectivity index (χ2v) is 5.56. The maximum absolute atomic E-state index is 9.54. The third kappa shape index (κ3) is 2.70. The first kappa shape index (κ1) is 12.6. The molecule has 2 rings (SSSR count). The summed E-state index contributed by atoms with van der Waals surface area (Å²) in [7, 11) is 0. The minimum Gasteiger partial charge on any atom is -0.394 e. The van der Waals surface area contributed by atoms with Gasteiger partial charge in [-0.3, -0.25) is 0 Å². The molecule has 0 spiro atoms.